The molecule has 0 aromatic heterocycles. The summed E-state index contributed by atoms with van der Waals surface area (Å²) in [6.07, 6.45) is 3.18. The smallest absolute Gasteiger partial charge is 0.255 e. The minimum atomic E-state index is -0.523. The van der Waals surface area contributed by atoms with Crippen LogP contribution in [-0.2, 0) is 6.54 Å². The van der Waals surface area contributed by atoms with Crippen LogP contribution >= 0.6 is 0 Å². The van der Waals surface area contributed by atoms with Gasteiger partial charge in [-0.05, 0) is 37.4 Å². The third kappa shape index (κ3) is 2.61. The van der Waals surface area contributed by atoms with E-state index in [0.29, 0.717) is 17.7 Å². The Labute approximate surface area is 131 Å². The second-order valence-electron chi connectivity index (χ2n) is 6.21. The molecule has 22 heavy (non-hydrogen) atoms. The van der Waals surface area contributed by atoms with Crippen molar-refractivity contribution in [2.75, 3.05) is 19.6 Å². The molecule has 0 unspecified atom stereocenters. The van der Waals surface area contributed by atoms with Crippen LogP contribution in [0.5, 0.6) is 0 Å². The van der Waals surface area contributed by atoms with E-state index in [1.54, 1.807) is 12.1 Å². The number of rotatable bonds is 4. The van der Waals surface area contributed by atoms with E-state index in [2.05, 4.69) is 11.8 Å². The lowest BCUT2D eigenvalue weighted by atomic mass is 10.0. The van der Waals surface area contributed by atoms with Gasteiger partial charge in [-0.1, -0.05) is 19.1 Å². The van der Waals surface area contributed by atoms with Gasteiger partial charge >= 0.3 is 0 Å². The summed E-state index contributed by atoms with van der Waals surface area (Å²) in [6, 6.07) is 5.64. The summed E-state index contributed by atoms with van der Waals surface area (Å²) >= 11 is 0. The summed E-state index contributed by atoms with van der Waals surface area (Å²) in [4.78, 5) is 28.7. The predicted molar refractivity (Wildman–Crippen MR) is 84.6 cm³/mol. The average Bonchev–Trinajstić information content (AvgIpc) is 2.85. The monoisotopic (exact) mass is 301 g/mol. The Kier molecular flexibility index (Phi) is 4.16. The molecule has 0 spiro atoms. The van der Waals surface area contributed by atoms with E-state index >= 15 is 0 Å². The van der Waals surface area contributed by atoms with E-state index in [9.17, 15) is 9.59 Å². The van der Waals surface area contributed by atoms with Gasteiger partial charge in [0.15, 0.2) is 0 Å². The van der Waals surface area contributed by atoms with Gasteiger partial charge in [-0.15, -0.1) is 0 Å². The first-order valence-corrected chi connectivity index (χ1v) is 8.06. The van der Waals surface area contributed by atoms with Crippen molar-refractivity contribution in [1.82, 2.24) is 9.80 Å². The van der Waals surface area contributed by atoms with Gasteiger partial charge in [-0.25, -0.2) is 0 Å². The molecule has 1 aromatic carbocycles. The van der Waals surface area contributed by atoms with E-state index in [-0.39, 0.29) is 11.9 Å². The lowest BCUT2D eigenvalue weighted by Gasteiger charge is -2.36. The molecule has 1 saturated heterocycles. The van der Waals surface area contributed by atoms with Crippen LogP contribution in [0.4, 0.5) is 0 Å². The van der Waals surface area contributed by atoms with Crippen molar-refractivity contribution in [1.29, 1.82) is 0 Å². The molecule has 0 aliphatic carbocycles. The Balaban J connectivity index is 1.75. The van der Waals surface area contributed by atoms with E-state index in [1.165, 1.54) is 6.42 Å². The number of hydrogen-bond donors (Lipinski definition) is 1. The van der Waals surface area contributed by atoms with Crippen LogP contribution in [0.2, 0.25) is 0 Å². The highest BCUT2D eigenvalue weighted by Crippen LogP contribution is 2.30. The number of carbonyl (C=O) groups is 2. The normalized spacial score (nSPS) is 19.5. The third-order valence-corrected chi connectivity index (χ3v) is 4.77. The molecule has 5 heteroatoms. The van der Waals surface area contributed by atoms with Crippen LogP contribution in [0.3, 0.4) is 0 Å². The minimum Gasteiger partial charge on any atom is -0.366 e. The fourth-order valence-electron chi connectivity index (χ4n) is 3.65. The largest absolute Gasteiger partial charge is 0.366 e. The predicted octanol–water partition coefficient (Wildman–Crippen LogP) is 1.62. The molecule has 0 radical (unpaired) electrons. The molecule has 2 heterocycles. The summed E-state index contributed by atoms with van der Waals surface area (Å²) in [7, 11) is 0. The third-order valence-electron chi connectivity index (χ3n) is 4.77. The average molecular weight is 301 g/mol. The first-order valence-electron chi connectivity index (χ1n) is 8.06. The number of nitrogens with two attached hydrogens (primary N) is 1. The molecular weight excluding hydrogens is 278 g/mol. The number of nitrogens with zero attached hydrogens (tertiary/aromatic N) is 2. The fourth-order valence-corrected chi connectivity index (χ4v) is 3.65. The molecule has 2 aliphatic rings. The number of carbonyl (C=O) groups excluding carboxylic acids is 2. The van der Waals surface area contributed by atoms with Gasteiger partial charge in [0.05, 0.1) is 11.1 Å². The standard InChI is InChI=1S/C17H23N3O2/c1-2-8-19-9-6-13(7-10-19)20-11-12-4-3-5-14(16(18)21)15(12)17(20)22/h3-5,13H,2,6-11H2,1H3,(H2,18,21). The fraction of sp³-hybridized carbons (Fsp3) is 0.529. The number of benzene rings is 1. The summed E-state index contributed by atoms with van der Waals surface area (Å²) < 4.78 is 0. The Morgan fingerprint density at radius 3 is 2.68 bits per heavy atom. The molecule has 5 nitrogen and oxygen atoms in total. The molecule has 2 N–H and O–H groups in total. The quantitative estimate of drug-likeness (QED) is 0.919. The second kappa shape index (κ2) is 6.08. The van der Waals surface area contributed by atoms with Crippen LogP contribution < -0.4 is 5.73 Å². The highest BCUT2D eigenvalue weighted by atomic mass is 16.2. The summed E-state index contributed by atoms with van der Waals surface area (Å²) in [5.74, 6) is -0.553. The van der Waals surface area contributed by atoms with Crippen molar-refractivity contribution in [3.63, 3.8) is 0 Å². The van der Waals surface area contributed by atoms with E-state index in [1.807, 2.05) is 11.0 Å². The second-order valence-corrected chi connectivity index (χ2v) is 6.21. The van der Waals surface area contributed by atoms with Gasteiger partial charge in [0, 0.05) is 25.7 Å². The Hall–Kier alpha value is -1.88. The number of amides is 2. The molecule has 2 aliphatic heterocycles. The lowest BCUT2D eigenvalue weighted by molar-refractivity contribution is 0.0595. The zero-order valence-corrected chi connectivity index (χ0v) is 13.0. The van der Waals surface area contributed by atoms with Crippen LogP contribution in [0.25, 0.3) is 0 Å². The van der Waals surface area contributed by atoms with E-state index in [0.717, 1.165) is 38.0 Å². The highest BCUT2D eigenvalue weighted by Gasteiger charge is 2.36. The van der Waals surface area contributed by atoms with Gasteiger partial charge in [-0.3, -0.25) is 9.59 Å². The van der Waals surface area contributed by atoms with E-state index < -0.39 is 5.91 Å². The molecule has 2 amide bonds. The summed E-state index contributed by atoms with van der Waals surface area (Å²) in [5, 5.41) is 0. The molecule has 1 aromatic rings. The van der Waals surface area contributed by atoms with Crippen molar-refractivity contribution in [3.8, 4) is 0 Å². The van der Waals surface area contributed by atoms with Crippen molar-refractivity contribution in [2.45, 2.75) is 38.8 Å². The van der Waals surface area contributed by atoms with Crippen molar-refractivity contribution >= 4 is 11.8 Å². The maximum absolute atomic E-state index is 12.7. The first-order chi connectivity index (χ1) is 10.6. The Morgan fingerprint density at radius 2 is 2.05 bits per heavy atom. The lowest BCUT2D eigenvalue weighted by Crippen LogP contribution is -2.45. The van der Waals surface area contributed by atoms with Crippen LogP contribution in [0, 0.1) is 0 Å². The SMILES string of the molecule is CCCN1CCC(N2Cc3cccc(C(N)=O)c3C2=O)CC1. The van der Waals surface area contributed by atoms with Crippen molar-refractivity contribution in [3.05, 3.63) is 34.9 Å². The minimum absolute atomic E-state index is 0.0293. The van der Waals surface area contributed by atoms with Crippen LogP contribution in [0.1, 0.15) is 52.5 Å². The number of piperidine rings is 1. The van der Waals surface area contributed by atoms with Crippen LogP contribution in [0.15, 0.2) is 18.2 Å². The summed E-state index contributed by atoms with van der Waals surface area (Å²) in [6.45, 7) is 6.02. The van der Waals surface area contributed by atoms with Crippen molar-refractivity contribution in [2.24, 2.45) is 5.73 Å². The molecule has 1 fully saturated rings. The highest BCUT2D eigenvalue weighted by molar-refractivity contribution is 6.09. The molecule has 3 rings (SSSR count). The van der Waals surface area contributed by atoms with Gasteiger partial charge in [-0.2, -0.15) is 0 Å². The van der Waals surface area contributed by atoms with Gasteiger partial charge in [0.1, 0.15) is 0 Å². The maximum Gasteiger partial charge on any atom is 0.255 e. The zero-order chi connectivity index (χ0) is 15.7. The zero-order valence-electron chi connectivity index (χ0n) is 13.0. The Morgan fingerprint density at radius 1 is 1.32 bits per heavy atom. The van der Waals surface area contributed by atoms with E-state index in [4.69, 9.17) is 5.73 Å². The molecule has 0 saturated carbocycles. The van der Waals surface area contributed by atoms with Gasteiger partial charge < -0.3 is 15.5 Å². The number of primary amides is 1. The Bertz CT molecular complexity index is 592. The molecular formula is C17H23N3O2. The number of hydrogen-bond acceptors (Lipinski definition) is 3. The number of likely N-dealkylation sites (tertiary alicyclic amines) is 1. The summed E-state index contributed by atoms with van der Waals surface area (Å²) in [5.41, 5.74) is 7.21. The topological polar surface area (TPSA) is 66.6 Å². The molecule has 0 bridgehead atoms. The number of fused-ring (bicyclic) bond motifs is 1. The van der Waals surface area contributed by atoms with Crippen LogP contribution in [-0.4, -0.2) is 47.3 Å². The first kappa shape index (κ1) is 15.0. The van der Waals surface area contributed by atoms with Gasteiger partial charge in [0.25, 0.3) is 5.91 Å². The van der Waals surface area contributed by atoms with Gasteiger partial charge in [0.2, 0.25) is 5.91 Å². The molecule has 0 atom stereocenters. The van der Waals surface area contributed by atoms with Crippen molar-refractivity contribution < 1.29 is 9.59 Å². The maximum atomic E-state index is 12.7. The molecule has 118 valence electrons.